The Hall–Kier alpha value is -2.23. The number of piperidine rings is 1. The molecule has 2 aromatic rings. The fraction of sp³-hybridized carbons (Fsp3) is 0.600. The van der Waals surface area contributed by atoms with Crippen molar-refractivity contribution in [3.63, 3.8) is 0 Å². The van der Waals surface area contributed by atoms with Gasteiger partial charge in [0.05, 0.1) is 4.92 Å². The van der Waals surface area contributed by atoms with Gasteiger partial charge in [-0.2, -0.15) is 0 Å². The summed E-state index contributed by atoms with van der Waals surface area (Å²) in [5, 5.41) is 20.7. The van der Waals surface area contributed by atoms with Crippen molar-refractivity contribution < 1.29 is 4.92 Å². The highest BCUT2D eigenvalue weighted by Crippen LogP contribution is 2.42. The van der Waals surface area contributed by atoms with E-state index in [9.17, 15) is 10.1 Å². The molecule has 0 atom stereocenters. The quantitative estimate of drug-likeness (QED) is 0.455. The monoisotopic (exact) mass is 361 g/mol. The zero-order valence-electron chi connectivity index (χ0n) is 13.9. The molecule has 0 N–H and O–H groups in total. The van der Waals surface area contributed by atoms with Crippen LogP contribution in [0.1, 0.15) is 38.6 Å². The van der Waals surface area contributed by atoms with Gasteiger partial charge in [-0.1, -0.05) is 6.92 Å². The summed E-state index contributed by atoms with van der Waals surface area (Å²) < 4.78 is 2.19. The van der Waals surface area contributed by atoms with E-state index >= 15 is 0 Å². The van der Waals surface area contributed by atoms with Gasteiger partial charge in [0.15, 0.2) is 5.16 Å². The Labute approximate surface area is 149 Å². The van der Waals surface area contributed by atoms with Crippen LogP contribution in [0.2, 0.25) is 0 Å². The van der Waals surface area contributed by atoms with Crippen molar-refractivity contribution >= 4 is 23.4 Å². The lowest BCUT2D eigenvalue weighted by atomic mass is 10.00. The molecule has 2 fully saturated rings. The third-order valence-electron chi connectivity index (χ3n) is 4.63. The maximum Gasteiger partial charge on any atom is 0.305 e. The zero-order chi connectivity index (χ0) is 17.4. The third kappa shape index (κ3) is 3.44. The van der Waals surface area contributed by atoms with Gasteiger partial charge in [0, 0.05) is 19.1 Å². The van der Waals surface area contributed by atoms with Crippen LogP contribution in [0.5, 0.6) is 0 Å². The van der Waals surface area contributed by atoms with Crippen LogP contribution < -0.4 is 4.90 Å². The summed E-state index contributed by atoms with van der Waals surface area (Å²) in [6, 6.07) is 0.435. The molecule has 0 amide bonds. The first-order valence-electron chi connectivity index (χ1n) is 8.46. The van der Waals surface area contributed by atoms with Gasteiger partial charge in [0.2, 0.25) is 11.1 Å². The van der Waals surface area contributed by atoms with Gasteiger partial charge < -0.3 is 4.90 Å². The Morgan fingerprint density at radius 3 is 2.44 bits per heavy atom. The summed E-state index contributed by atoms with van der Waals surface area (Å²) in [5.74, 6) is 1.69. The van der Waals surface area contributed by atoms with E-state index in [0.29, 0.717) is 11.2 Å². The van der Waals surface area contributed by atoms with Crippen LogP contribution in [0.3, 0.4) is 0 Å². The van der Waals surface area contributed by atoms with E-state index in [2.05, 4.69) is 36.6 Å². The molecule has 1 saturated carbocycles. The number of nitrogens with zero attached hydrogens (tertiary/aromatic N) is 7. The summed E-state index contributed by atoms with van der Waals surface area (Å²) in [7, 11) is 0. The molecule has 4 rings (SSSR count). The zero-order valence-corrected chi connectivity index (χ0v) is 14.7. The second kappa shape index (κ2) is 6.58. The van der Waals surface area contributed by atoms with Crippen molar-refractivity contribution in [2.45, 2.75) is 49.0 Å². The van der Waals surface area contributed by atoms with Crippen LogP contribution in [-0.4, -0.2) is 42.7 Å². The maximum absolute atomic E-state index is 10.7. The average molecular weight is 361 g/mol. The van der Waals surface area contributed by atoms with E-state index in [4.69, 9.17) is 0 Å². The minimum atomic E-state index is -0.503. The van der Waals surface area contributed by atoms with Crippen LogP contribution in [0.4, 0.5) is 11.6 Å². The molecule has 3 heterocycles. The van der Waals surface area contributed by atoms with E-state index in [0.717, 1.165) is 43.0 Å². The van der Waals surface area contributed by atoms with Gasteiger partial charge in [-0.25, -0.2) is 9.97 Å². The Kier molecular flexibility index (Phi) is 4.28. The summed E-state index contributed by atoms with van der Waals surface area (Å²) in [4.78, 5) is 20.6. The molecule has 132 valence electrons. The lowest BCUT2D eigenvalue weighted by molar-refractivity contribution is -0.385. The Bertz CT molecular complexity index is 767. The molecule has 1 aliphatic heterocycles. The number of hydrogen-bond donors (Lipinski definition) is 0. The minimum Gasteiger partial charge on any atom is -0.341 e. The molecule has 0 unspecified atom stereocenters. The van der Waals surface area contributed by atoms with E-state index in [1.54, 1.807) is 0 Å². The standard InChI is InChI=1S/C15H19N7O2S/c1-10-4-6-20(7-5-10)14-18-19-15(21(14)11-2-3-11)25-13-16-8-12(9-17-13)22(23)24/h8-11H,2-7H2,1H3. The highest BCUT2D eigenvalue weighted by Gasteiger charge is 2.33. The predicted octanol–water partition coefficient (Wildman–Crippen LogP) is 2.70. The average Bonchev–Trinajstić information content (AvgIpc) is 3.37. The molecule has 25 heavy (non-hydrogen) atoms. The fourth-order valence-corrected chi connectivity index (χ4v) is 3.74. The summed E-state index contributed by atoms with van der Waals surface area (Å²) in [5.41, 5.74) is -0.115. The topological polar surface area (TPSA) is 103 Å². The molecular weight excluding hydrogens is 342 g/mol. The van der Waals surface area contributed by atoms with Crippen LogP contribution in [-0.2, 0) is 0 Å². The van der Waals surface area contributed by atoms with Crippen LogP contribution in [0.15, 0.2) is 22.7 Å². The van der Waals surface area contributed by atoms with Gasteiger partial charge in [0.25, 0.3) is 0 Å². The highest BCUT2D eigenvalue weighted by molar-refractivity contribution is 7.99. The fourth-order valence-electron chi connectivity index (χ4n) is 2.95. The molecule has 0 bridgehead atoms. The first-order valence-corrected chi connectivity index (χ1v) is 9.27. The van der Waals surface area contributed by atoms with Gasteiger partial charge in [-0.05, 0) is 43.4 Å². The molecule has 2 aromatic heterocycles. The van der Waals surface area contributed by atoms with Crippen molar-refractivity contribution in [2.24, 2.45) is 5.92 Å². The summed E-state index contributed by atoms with van der Waals surface area (Å²) in [6.07, 6.45) is 7.05. The molecule has 0 radical (unpaired) electrons. The number of anilines is 1. The first kappa shape index (κ1) is 16.2. The molecule has 1 saturated heterocycles. The molecule has 9 nitrogen and oxygen atoms in total. The number of hydrogen-bond acceptors (Lipinski definition) is 8. The molecule has 0 spiro atoms. The van der Waals surface area contributed by atoms with Gasteiger partial charge >= 0.3 is 5.69 Å². The van der Waals surface area contributed by atoms with E-state index in [1.165, 1.54) is 37.0 Å². The van der Waals surface area contributed by atoms with Crippen LogP contribution >= 0.6 is 11.8 Å². The Morgan fingerprint density at radius 2 is 1.84 bits per heavy atom. The normalized spacial score (nSPS) is 18.5. The van der Waals surface area contributed by atoms with Crippen molar-refractivity contribution in [1.29, 1.82) is 0 Å². The minimum absolute atomic E-state index is 0.115. The molecule has 2 aliphatic rings. The van der Waals surface area contributed by atoms with E-state index in [1.807, 2.05) is 0 Å². The van der Waals surface area contributed by atoms with Gasteiger partial charge in [-0.3, -0.25) is 14.7 Å². The lowest BCUT2D eigenvalue weighted by Gasteiger charge is -2.31. The van der Waals surface area contributed by atoms with Gasteiger partial charge in [-0.15, -0.1) is 10.2 Å². The molecule has 10 heteroatoms. The Morgan fingerprint density at radius 1 is 1.16 bits per heavy atom. The van der Waals surface area contributed by atoms with Crippen molar-refractivity contribution in [3.05, 3.63) is 22.5 Å². The first-order chi connectivity index (χ1) is 12.1. The number of aromatic nitrogens is 5. The van der Waals surface area contributed by atoms with E-state index < -0.39 is 4.92 Å². The van der Waals surface area contributed by atoms with Gasteiger partial charge in [0.1, 0.15) is 12.4 Å². The van der Waals surface area contributed by atoms with Crippen LogP contribution in [0.25, 0.3) is 0 Å². The summed E-state index contributed by atoms with van der Waals surface area (Å²) in [6.45, 7) is 4.30. The predicted molar refractivity (Wildman–Crippen MR) is 91.7 cm³/mol. The SMILES string of the molecule is CC1CCN(c2nnc(Sc3ncc([N+](=O)[O-])cn3)n2C2CC2)CC1. The van der Waals surface area contributed by atoms with Crippen molar-refractivity contribution in [3.8, 4) is 0 Å². The van der Waals surface area contributed by atoms with Crippen molar-refractivity contribution in [1.82, 2.24) is 24.7 Å². The van der Waals surface area contributed by atoms with E-state index in [-0.39, 0.29) is 5.69 Å². The second-order valence-electron chi connectivity index (χ2n) is 6.64. The highest BCUT2D eigenvalue weighted by atomic mass is 32.2. The van der Waals surface area contributed by atoms with Crippen molar-refractivity contribution in [2.75, 3.05) is 18.0 Å². The molecule has 1 aliphatic carbocycles. The third-order valence-corrected chi connectivity index (χ3v) is 5.49. The number of rotatable bonds is 5. The summed E-state index contributed by atoms with van der Waals surface area (Å²) >= 11 is 1.31. The smallest absolute Gasteiger partial charge is 0.305 e. The largest absolute Gasteiger partial charge is 0.341 e. The lowest BCUT2D eigenvalue weighted by Crippen LogP contribution is -2.34. The molecule has 0 aromatic carbocycles. The van der Waals surface area contributed by atoms with Crippen LogP contribution in [0, 0.1) is 16.0 Å². The number of nitro groups is 1. The second-order valence-corrected chi connectivity index (χ2v) is 7.57. The Balaban J connectivity index is 1.56. The maximum atomic E-state index is 10.7. The molecular formula is C15H19N7O2S.